The second-order valence-corrected chi connectivity index (χ2v) is 4.41. The van der Waals surface area contributed by atoms with Crippen molar-refractivity contribution in [2.24, 2.45) is 0 Å². The van der Waals surface area contributed by atoms with Crippen LogP contribution in [0.2, 0.25) is 0 Å². The van der Waals surface area contributed by atoms with Gasteiger partial charge in [-0.1, -0.05) is 29.8 Å². The van der Waals surface area contributed by atoms with Crippen molar-refractivity contribution in [3.63, 3.8) is 0 Å². The first-order valence-electron chi connectivity index (χ1n) is 5.87. The number of nitrogens with zero attached hydrogens (tertiary/aromatic N) is 2. The van der Waals surface area contributed by atoms with Crippen molar-refractivity contribution in [2.75, 3.05) is 11.9 Å². The summed E-state index contributed by atoms with van der Waals surface area (Å²) in [6.07, 6.45) is 2.40. The first-order valence-corrected chi connectivity index (χ1v) is 5.87. The zero-order valence-corrected chi connectivity index (χ0v) is 10.6. The van der Waals surface area contributed by atoms with Crippen LogP contribution in [0, 0.1) is 6.92 Å². The van der Waals surface area contributed by atoms with E-state index in [4.69, 9.17) is 0 Å². The number of aryl methyl sites for hydroxylation is 1. The van der Waals surface area contributed by atoms with Gasteiger partial charge in [0.2, 0.25) is 0 Å². The highest BCUT2D eigenvalue weighted by atomic mass is 16.1. The summed E-state index contributed by atoms with van der Waals surface area (Å²) in [5.74, 6) is 0.863. The van der Waals surface area contributed by atoms with E-state index < -0.39 is 0 Å². The minimum absolute atomic E-state index is 0.600. The van der Waals surface area contributed by atoms with Crippen molar-refractivity contribution in [1.82, 2.24) is 4.98 Å². The highest BCUT2D eigenvalue weighted by Crippen LogP contribution is 2.13. The van der Waals surface area contributed by atoms with E-state index in [1.807, 2.05) is 13.1 Å². The second-order valence-electron chi connectivity index (χ2n) is 4.41. The van der Waals surface area contributed by atoms with Crippen molar-refractivity contribution >= 4 is 12.1 Å². The van der Waals surface area contributed by atoms with Crippen LogP contribution in [-0.2, 0) is 6.54 Å². The molecule has 0 aliphatic heterocycles. The van der Waals surface area contributed by atoms with Crippen LogP contribution in [0.4, 0.5) is 5.82 Å². The van der Waals surface area contributed by atoms with E-state index >= 15 is 0 Å². The van der Waals surface area contributed by atoms with Gasteiger partial charge in [-0.15, -0.1) is 0 Å². The quantitative estimate of drug-likeness (QED) is 0.770. The number of aldehydes is 1. The highest BCUT2D eigenvalue weighted by molar-refractivity contribution is 5.74. The Balaban J connectivity index is 2.11. The molecule has 0 aliphatic rings. The monoisotopic (exact) mass is 240 g/mol. The molecule has 3 heteroatoms. The Hall–Kier alpha value is -2.16. The summed E-state index contributed by atoms with van der Waals surface area (Å²) < 4.78 is 0. The zero-order valence-electron chi connectivity index (χ0n) is 10.6. The first kappa shape index (κ1) is 12.3. The fourth-order valence-corrected chi connectivity index (χ4v) is 1.86. The third-order valence-electron chi connectivity index (χ3n) is 2.80. The van der Waals surface area contributed by atoms with E-state index in [9.17, 15) is 4.79 Å². The molecule has 0 saturated heterocycles. The lowest BCUT2D eigenvalue weighted by atomic mass is 10.1. The summed E-state index contributed by atoms with van der Waals surface area (Å²) in [6.45, 7) is 2.88. The molecule has 0 unspecified atom stereocenters. The van der Waals surface area contributed by atoms with E-state index in [0.29, 0.717) is 5.56 Å². The number of carbonyl (C=O) groups excluding carboxylic acids is 1. The molecule has 0 bridgehead atoms. The van der Waals surface area contributed by atoms with Crippen LogP contribution < -0.4 is 4.90 Å². The van der Waals surface area contributed by atoms with E-state index in [2.05, 4.69) is 41.1 Å². The van der Waals surface area contributed by atoms with Gasteiger partial charge in [0.15, 0.2) is 6.29 Å². The number of pyridine rings is 1. The molecule has 1 heterocycles. The van der Waals surface area contributed by atoms with E-state index in [1.165, 1.54) is 11.1 Å². The lowest BCUT2D eigenvalue weighted by Gasteiger charge is -2.18. The molecule has 0 radical (unpaired) electrons. The number of rotatable bonds is 4. The van der Waals surface area contributed by atoms with Crippen LogP contribution in [-0.4, -0.2) is 18.3 Å². The molecular weight excluding hydrogens is 224 g/mol. The predicted octanol–water partition coefficient (Wildman–Crippen LogP) is 2.84. The van der Waals surface area contributed by atoms with Gasteiger partial charge in [0.25, 0.3) is 0 Å². The van der Waals surface area contributed by atoms with E-state index in [-0.39, 0.29) is 0 Å². The SMILES string of the molecule is Cc1cccc(CN(C)c2ccc(C=O)cn2)c1. The number of aromatic nitrogens is 1. The largest absolute Gasteiger partial charge is 0.355 e. The van der Waals surface area contributed by atoms with E-state index in [0.717, 1.165) is 18.6 Å². The van der Waals surface area contributed by atoms with Crippen molar-refractivity contribution < 1.29 is 4.79 Å². The van der Waals surface area contributed by atoms with Crippen LogP contribution >= 0.6 is 0 Å². The summed E-state index contributed by atoms with van der Waals surface area (Å²) in [5.41, 5.74) is 3.10. The number of hydrogen-bond acceptors (Lipinski definition) is 3. The van der Waals surface area contributed by atoms with Gasteiger partial charge in [-0.25, -0.2) is 4.98 Å². The van der Waals surface area contributed by atoms with Gasteiger partial charge in [-0.05, 0) is 24.6 Å². The molecule has 0 N–H and O–H groups in total. The average Bonchev–Trinajstić information content (AvgIpc) is 2.39. The maximum Gasteiger partial charge on any atom is 0.151 e. The Bertz CT molecular complexity index is 534. The standard InChI is InChI=1S/C15H16N2O/c1-12-4-3-5-13(8-12)10-17(2)15-7-6-14(11-18)9-16-15/h3-9,11H,10H2,1-2H3. The molecule has 0 fully saturated rings. The van der Waals surface area contributed by atoms with Crippen LogP contribution in [0.3, 0.4) is 0 Å². The topological polar surface area (TPSA) is 33.2 Å². The Kier molecular flexibility index (Phi) is 3.72. The number of hydrogen-bond donors (Lipinski definition) is 0. The third-order valence-corrected chi connectivity index (χ3v) is 2.80. The van der Waals surface area contributed by atoms with Crippen molar-refractivity contribution in [1.29, 1.82) is 0 Å². The molecule has 0 atom stereocenters. The molecule has 1 aromatic heterocycles. The Labute approximate surface area is 107 Å². The fourth-order valence-electron chi connectivity index (χ4n) is 1.86. The first-order chi connectivity index (χ1) is 8.69. The Morgan fingerprint density at radius 1 is 1.28 bits per heavy atom. The number of anilines is 1. The molecule has 18 heavy (non-hydrogen) atoms. The maximum absolute atomic E-state index is 10.6. The van der Waals surface area contributed by atoms with Gasteiger partial charge in [-0.3, -0.25) is 4.79 Å². The molecule has 0 aliphatic carbocycles. The molecule has 3 nitrogen and oxygen atoms in total. The van der Waals surface area contributed by atoms with Gasteiger partial charge >= 0.3 is 0 Å². The molecule has 1 aromatic carbocycles. The van der Waals surface area contributed by atoms with Gasteiger partial charge in [-0.2, -0.15) is 0 Å². The minimum atomic E-state index is 0.600. The summed E-state index contributed by atoms with van der Waals surface area (Å²) in [7, 11) is 1.99. The van der Waals surface area contributed by atoms with Crippen LogP contribution in [0.5, 0.6) is 0 Å². The van der Waals surface area contributed by atoms with Gasteiger partial charge in [0.05, 0.1) is 0 Å². The highest BCUT2D eigenvalue weighted by Gasteiger charge is 2.03. The fraction of sp³-hybridized carbons (Fsp3) is 0.200. The number of carbonyl (C=O) groups is 1. The van der Waals surface area contributed by atoms with Gasteiger partial charge in [0.1, 0.15) is 5.82 Å². The van der Waals surface area contributed by atoms with Crippen LogP contribution in [0.1, 0.15) is 21.5 Å². The lowest BCUT2D eigenvalue weighted by molar-refractivity contribution is 0.112. The van der Waals surface area contributed by atoms with E-state index in [1.54, 1.807) is 12.3 Å². The molecule has 2 rings (SSSR count). The smallest absolute Gasteiger partial charge is 0.151 e. The summed E-state index contributed by atoms with van der Waals surface area (Å²) in [6, 6.07) is 12.0. The minimum Gasteiger partial charge on any atom is -0.355 e. The third kappa shape index (κ3) is 2.94. The summed E-state index contributed by atoms with van der Waals surface area (Å²) >= 11 is 0. The molecule has 2 aromatic rings. The zero-order chi connectivity index (χ0) is 13.0. The van der Waals surface area contributed by atoms with Gasteiger partial charge in [0, 0.05) is 25.4 Å². The van der Waals surface area contributed by atoms with Crippen LogP contribution in [0.25, 0.3) is 0 Å². The predicted molar refractivity (Wildman–Crippen MR) is 72.9 cm³/mol. The Morgan fingerprint density at radius 3 is 2.72 bits per heavy atom. The van der Waals surface area contributed by atoms with Crippen molar-refractivity contribution in [3.05, 3.63) is 59.3 Å². The van der Waals surface area contributed by atoms with Gasteiger partial charge < -0.3 is 4.90 Å². The molecule has 0 saturated carbocycles. The maximum atomic E-state index is 10.6. The summed E-state index contributed by atoms with van der Waals surface area (Å²) in [4.78, 5) is 16.9. The Morgan fingerprint density at radius 2 is 2.11 bits per heavy atom. The molecule has 92 valence electrons. The molecular formula is C15H16N2O. The normalized spacial score (nSPS) is 10.1. The van der Waals surface area contributed by atoms with Crippen LogP contribution in [0.15, 0.2) is 42.6 Å². The summed E-state index contributed by atoms with van der Waals surface area (Å²) in [5, 5.41) is 0. The molecule has 0 amide bonds. The van der Waals surface area contributed by atoms with Crippen molar-refractivity contribution in [3.8, 4) is 0 Å². The average molecular weight is 240 g/mol. The van der Waals surface area contributed by atoms with Crippen molar-refractivity contribution in [2.45, 2.75) is 13.5 Å². The lowest BCUT2D eigenvalue weighted by Crippen LogP contribution is -2.17. The molecule has 0 spiro atoms. The second kappa shape index (κ2) is 5.45. The number of benzene rings is 1.